The highest BCUT2D eigenvalue weighted by Gasteiger charge is 2.05. The van der Waals surface area contributed by atoms with Gasteiger partial charge in [-0.25, -0.2) is 0 Å². The summed E-state index contributed by atoms with van der Waals surface area (Å²) >= 11 is 0. The lowest BCUT2D eigenvalue weighted by atomic mass is 10.2. The third-order valence-electron chi connectivity index (χ3n) is 2.69. The number of carbonyl (C=O) groups excluding carboxylic acids is 2. The Labute approximate surface area is 130 Å². The van der Waals surface area contributed by atoms with Crippen LogP contribution in [0.15, 0.2) is 24.3 Å². The Morgan fingerprint density at radius 3 is 2.33 bits per heavy atom. The second-order valence-electron chi connectivity index (χ2n) is 4.23. The molecule has 6 nitrogen and oxygen atoms in total. The van der Waals surface area contributed by atoms with Crippen molar-refractivity contribution in [1.82, 2.24) is 10.6 Å². The van der Waals surface area contributed by atoms with Gasteiger partial charge in [0.25, 0.3) is 5.91 Å². The third kappa shape index (κ3) is 7.53. The number of carbonyl (C=O) groups is 2. The van der Waals surface area contributed by atoms with E-state index in [1.807, 2.05) is 0 Å². The number of hydrogen-bond acceptors (Lipinski definition) is 4. The molecular formula is C14H22ClN3O3. The van der Waals surface area contributed by atoms with Crippen molar-refractivity contribution in [3.63, 3.8) is 0 Å². The molecule has 0 fully saturated rings. The highest BCUT2D eigenvalue weighted by molar-refractivity contribution is 5.94. The largest absolute Gasteiger partial charge is 0.497 e. The molecule has 0 heterocycles. The molecule has 0 aliphatic rings. The van der Waals surface area contributed by atoms with Crippen LogP contribution in [0.4, 0.5) is 0 Å². The van der Waals surface area contributed by atoms with E-state index in [9.17, 15) is 9.59 Å². The third-order valence-corrected chi connectivity index (χ3v) is 2.69. The van der Waals surface area contributed by atoms with Gasteiger partial charge >= 0.3 is 0 Å². The van der Waals surface area contributed by atoms with E-state index in [0.717, 1.165) is 0 Å². The van der Waals surface area contributed by atoms with Crippen LogP contribution in [0.5, 0.6) is 5.75 Å². The van der Waals surface area contributed by atoms with Crippen LogP contribution >= 0.6 is 12.4 Å². The topological polar surface area (TPSA) is 93.5 Å². The maximum absolute atomic E-state index is 11.8. The molecule has 0 aromatic heterocycles. The number of methoxy groups -OCH3 is 1. The lowest BCUT2D eigenvalue weighted by molar-refractivity contribution is -0.121. The summed E-state index contributed by atoms with van der Waals surface area (Å²) in [5.41, 5.74) is 5.87. The molecule has 0 aliphatic heterocycles. The van der Waals surface area contributed by atoms with Crippen molar-refractivity contribution in [2.75, 3.05) is 26.7 Å². The van der Waals surface area contributed by atoms with E-state index in [4.69, 9.17) is 10.5 Å². The SMILES string of the molecule is COc1ccc(C(=O)NCCNC(=O)CCCN)cc1.Cl. The number of ether oxygens (including phenoxy) is 1. The van der Waals surface area contributed by atoms with E-state index in [2.05, 4.69) is 10.6 Å². The van der Waals surface area contributed by atoms with Gasteiger partial charge in [-0.05, 0) is 37.2 Å². The zero-order chi connectivity index (χ0) is 14.8. The fourth-order valence-corrected chi connectivity index (χ4v) is 1.57. The number of amides is 2. The fraction of sp³-hybridized carbons (Fsp3) is 0.429. The second-order valence-corrected chi connectivity index (χ2v) is 4.23. The normalized spacial score (nSPS) is 9.43. The van der Waals surface area contributed by atoms with Crippen LogP contribution in [0, 0.1) is 0 Å². The summed E-state index contributed by atoms with van der Waals surface area (Å²) in [7, 11) is 1.57. The molecule has 21 heavy (non-hydrogen) atoms. The van der Waals surface area contributed by atoms with E-state index < -0.39 is 0 Å². The van der Waals surface area contributed by atoms with Gasteiger partial charge in [0.2, 0.25) is 5.91 Å². The van der Waals surface area contributed by atoms with Crippen LogP contribution in [-0.4, -0.2) is 38.6 Å². The van der Waals surface area contributed by atoms with Gasteiger partial charge in [0, 0.05) is 25.1 Å². The lowest BCUT2D eigenvalue weighted by Crippen LogP contribution is -2.34. The minimum atomic E-state index is -0.177. The van der Waals surface area contributed by atoms with Crippen molar-refractivity contribution in [2.24, 2.45) is 5.73 Å². The zero-order valence-corrected chi connectivity index (χ0v) is 12.9. The van der Waals surface area contributed by atoms with E-state index in [0.29, 0.717) is 43.8 Å². The summed E-state index contributed by atoms with van der Waals surface area (Å²) in [6.07, 6.45) is 1.09. The van der Waals surface area contributed by atoms with Gasteiger partial charge in [-0.15, -0.1) is 12.4 Å². The average molecular weight is 316 g/mol. The van der Waals surface area contributed by atoms with Crippen LogP contribution in [-0.2, 0) is 4.79 Å². The maximum Gasteiger partial charge on any atom is 0.251 e. The van der Waals surface area contributed by atoms with Crippen molar-refractivity contribution in [3.8, 4) is 5.75 Å². The first-order chi connectivity index (χ1) is 9.67. The average Bonchev–Trinajstić information content (AvgIpc) is 2.49. The molecule has 118 valence electrons. The number of hydrogen-bond donors (Lipinski definition) is 3. The predicted molar refractivity (Wildman–Crippen MR) is 83.9 cm³/mol. The van der Waals surface area contributed by atoms with Gasteiger partial charge in [0.15, 0.2) is 0 Å². The molecule has 7 heteroatoms. The molecule has 0 saturated carbocycles. The molecule has 0 atom stereocenters. The van der Waals surface area contributed by atoms with Crippen LogP contribution in [0.1, 0.15) is 23.2 Å². The number of benzene rings is 1. The van der Waals surface area contributed by atoms with Crippen molar-refractivity contribution >= 4 is 24.2 Å². The van der Waals surface area contributed by atoms with E-state index in [-0.39, 0.29) is 24.2 Å². The second kappa shape index (κ2) is 10.9. The number of halogens is 1. The van der Waals surface area contributed by atoms with Crippen molar-refractivity contribution < 1.29 is 14.3 Å². The lowest BCUT2D eigenvalue weighted by Gasteiger charge is -2.07. The van der Waals surface area contributed by atoms with Crippen molar-refractivity contribution in [3.05, 3.63) is 29.8 Å². The van der Waals surface area contributed by atoms with Gasteiger partial charge in [-0.2, -0.15) is 0 Å². The Kier molecular flexibility index (Phi) is 10.0. The van der Waals surface area contributed by atoms with Gasteiger partial charge in [-0.1, -0.05) is 0 Å². The van der Waals surface area contributed by atoms with Gasteiger partial charge in [-0.3, -0.25) is 9.59 Å². The summed E-state index contributed by atoms with van der Waals surface area (Å²) in [5, 5.41) is 5.44. The van der Waals surface area contributed by atoms with E-state index in [1.54, 1.807) is 31.4 Å². The molecule has 2 amide bonds. The molecule has 0 saturated heterocycles. The first-order valence-corrected chi connectivity index (χ1v) is 6.56. The van der Waals surface area contributed by atoms with Crippen LogP contribution < -0.4 is 21.1 Å². The molecule has 0 aliphatic carbocycles. The van der Waals surface area contributed by atoms with E-state index in [1.165, 1.54) is 0 Å². The Bertz CT molecular complexity index is 438. The van der Waals surface area contributed by atoms with Gasteiger partial charge in [0.1, 0.15) is 5.75 Å². The van der Waals surface area contributed by atoms with Crippen LogP contribution in [0.25, 0.3) is 0 Å². The minimum absolute atomic E-state index is 0. The van der Waals surface area contributed by atoms with E-state index >= 15 is 0 Å². The summed E-state index contributed by atoms with van der Waals surface area (Å²) in [5.74, 6) is 0.478. The monoisotopic (exact) mass is 315 g/mol. The fourth-order valence-electron chi connectivity index (χ4n) is 1.57. The summed E-state index contributed by atoms with van der Waals surface area (Å²) < 4.78 is 5.02. The number of rotatable bonds is 8. The predicted octanol–water partition coefficient (Wildman–Crippen LogP) is 0.702. The number of nitrogens with two attached hydrogens (primary N) is 1. The summed E-state index contributed by atoms with van der Waals surface area (Å²) in [6.45, 7) is 1.30. The molecular weight excluding hydrogens is 294 g/mol. The standard InChI is InChI=1S/C14H21N3O3.ClH/c1-20-12-6-4-11(5-7-12)14(19)17-10-9-16-13(18)3-2-8-15;/h4-7H,2-3,8-10,15H2,1H3,(H,16,18)(H,17,19);1H. The first kappa shape index (κ1) is 19.2. The molecule has 0 spiro atoms. The van der Waals surface area contributed by atoms with Crippen molar-refractivity contribution in [1.29, 1.82) is 0 Å². The first-order valence-electron chi connectivity index (χ1n) is 6.56. The highest BCUT2D eigenvalue weighted by Crippen LogP contribution is 2.10. The smallest absolute Gasteiger partial charge is 0.251 e. The Hall–Kier alpha value is -1.79. The Balaban J connectivity index is 0.00000400. The number of nitrogens with one attached hydrogen (secondary N) is 2. The molecule has 1 aromatic carbocycles. The summed E-state index contributed by atoms with van der Waals surface area (Å²) in [6, 6.07) is 6.83. The van der Waals surface area contributed by atoms with Crippen molar-refractivity contribution in [2.45, 2.75) is 12.8 Å². The molecule has 0 bridgehead atoms. The van der Waals surface area contributed by atoms with Crippen LogP contribution in [0.2, 0.25) is 0 Å². The maximum atomic E-state index is 11.8. The minimum Gasteiger partial charge on any atom is -0.497 e. The highest BCUT2D eigenvalue weighted by atomic mass is 35.5. The quantitative estimate of drug-likeness (QED) is 0.616. The molecule has 4 N–H and O–H groups in total. The van der Waals surface area contributed by atoms with Gasteiger partial charge < -0.3 is 21.1 Å². The summed E-state index contributed by atoms with van der Waals surface area (Å²) in [4.78, 5) is 23.1. The molecule has 0 radical (unpaired) electrons. The van der Waals surface area contributed by atoms with Crippen LogP contribution in [0.3, 0.4) is 0 Å². The Morgan fingerprint density at radius 2 is 1.76 bits per heavy atom. The van der Waals surface area contributed by atoms with Gasteiger partial charge in [0.05, 0.1) is 7.11 Å². The molecule has 1 aromatic rings. The zero-order valence-electron chi connectivity index (χ0n) is 12.1. The molecule has 0 unspecified atom stereocenters. The Morgan fingerprint density at radius 1 is 1.14 bits per heavy atom. The molecule has 1 rings (SSSR count).